The monoisotopic (exact) mass is 440 g/mol. The number of hydrogen-bond donors (Lipinski definition) is 0. The van der Waals surface area contributed by atoms with Gasteiger partial charge in [-0.2, -0.15) is 0 Å². The number of piperidine rings is 1. The molecule has 0 saturated carbocycles. The van der Waals surface area contributed by atoms with Gasteiger partial charge in [0.05, 0.1) is 5.69 Å². The van der Waals surface area contributed by atoms with E-state index in [1.54, 1.807) is 23.1 Å². The first kappa shape index (κ1) is 21.8. The summed E-state index contributed by atoms with van der Waals surface area (Å²) in [5.74, 6) is 0.0217. The molecule has 0 radical (unpaired) electrons. The fourth-order valence-electron chi connectivity index (χ4n) is 3.83. The van der Waals surface area contributed by atoms with Crippen molar-refractivity contribution < 1.29 is 28.2 Å². The molecule has 1 fully saturated rings. The van der Waals surface area contributed by atoms with Crippen LogP contribution >= 0.6 is 0 Å². The normalized spacial score (nSPS) is 16.4. The van der Waals surface area contributed by atoms with Gasteiger partial charge in [-0.3, -0.25) is 19.3 Å². The molecule has 1 saturated heterocycles. The van der Waals surface area contributed by atoms with Gasteiger partial charge in [0.1, 0.15) is 23.9 Å². The second kappa shape index (κ2) is 9.38. The van der Waals surface area contributed by atoms with Crippen molar-refractivity contribution in [3.63, 3.8) is 0 Å². The lowest BCUT2D eigenvalue weighted by Gasteiger charge is -2.34. The molecule has 2 aliphatic rings. The van der Waals surface area contributed by atoms with Gasteiger partial charge in [0, 0.05) is 24.7 Å². The molecule has 0 atom stereocenters. The van der Waals surface area contributed by atoms with E-state index in [-0.39, 0.29) is 43.1 Å². The molecule has 168 valence electrons. The van der Waals surface area contributed by atoms with E-state index in [0.29, 0.717) is 36.0 Å². The van der Waals surface area contributed by atoms with Crippen LogP contribution in [0.1, 0.15) is 30.1 Å². The number of halogens is 1. The smallest absolute Gasteiger partial charge is 0.265 e. The number of ketones is 1. The Bertz CT molecular complexity index is 1030. The Labute approximate surface area is 185 Å². The highest BCUT2D eigenvalue weighted by atomic mass is 19.1. The Morgan fingerprint density at radius 1 is 1.16 bits per heavy atom. The van der Waals surface area contributed by atoms with Gasteiger partial charge < -0.3 is 14.4 Å². The molecule has 2 aromatic rings. The molecular formula is C24H25FN2O5. The van der Waals surface area contributed by atoms with Gasteiger partial charge in [-0.1, -0.05) is 13.0 Å². The molecule has 0 aliphatic carbocycles. The second-order valence-electron chi connectivity index (χ2n) is 8.18. The quantitative estimate of drug-likeness (QED) is 0.646. The minimum absolute atomic E-state index is 0.0962. The molecular weight excluding hydrogens is 415 g/mol. The van der Waals surface area contributed by atoms with E-state index >= 15 is 0 Å². The standard InChI is InChI=1S/C24H25FN2O5/c1-16-7-9-26(10-8-16)23(29)13-27-20-11-17(5-6-22(20)32-15-24(27)30)21(28)14-31-19-4-2-3-18(25)12-19/h2-6,11-12,16H,7-10,13-15H2,1H3. The Morgan fingerprint density at radius 3 is 2.69 bits per heavy atom. The molecule has 32 heavy (non-hydrogen) atoms. The van der Waals surface area contributed by atoms with E-state index in [0.717, 1.165) is 12.8 Å². The van der Waals surface area contributed by atoms with Crippen LogP contribution in [0, 0.1) is 11.7 Å². The zero-order valence-electron chi connectivity index (χ0n) is 17.9. The summed E-state index contributed by atoms with van der Waals surface area (Å²) < 4.78 is 24.2. The first-order valence-electron chi connectivity index (χ1n) is 10.7. The Hall–Kier alpha value is -3.42. The van der Waals surface area contributed by atoms with Crippen LogP contribution in [-0.2, 0) is 9.59 Å². The Balaban J connectivity index is 1.47. The number of likely N-dealkylation sites (tertiary alicyclic amines) is 1. The highest BCUT2D eigenvalue weighted by Crippen LogP contribution is 2.33. The molecule has 0 unspecified atom stereocenters. The molecule has 4 rings (SSSR count). The van der Waals surface area contributed by atoms with E-state index in [1.807, 2.05) is 0 Å². The topological polar surface area (TPSA) is 76.2 Å². The van der Waals surface area contributed by atoms with Crippen LogP contribution in [0.4, 0.5) is 10.1 Å². The van der Waals surface area contributed by atoms with Gasteiger partial charge in [-0.15, -0.1) is 0 Å². The van der Waals surface area contributed by atoms with Crippen LogP contribution in [0.15, 0.2) is 42.5 Å². The molecule has 0 spiro atoms. The second-order valence-corrected chi connectivity index (χ2v) is 8.18. The Morgan fingerprint density at radius 2 is 1.94 bits per heavy atom. The predicted molar refractivity (Wildman–Crippen MR) is 115 cm³/mol. The fourth-order valence-corrected chi connectivity index (χ4v) is 3.83. The van der Waals surface area contributed by atoms with E-state index in [2.05, 4.69) is 6.92 Å². The number of carbonyl (C=O) groups excluding carboxylic acids is 3. The first-order chi connectivity index (χ1) is 15.4. The summed E-state index contributed by atoms with van der Waals surface area (Å²) in [6.07, 6.45) is 1.90. The summed E-state index contributed by atoms with van der Waals surface area (Å²) in [5, 5.41) is 0. The van der Waals surface area contributed by atoms with Gasteiger partial charge in [0.15, 0.2) is 19.0 Å². The SMILES string of the molecule is CC1CCN(C(=O)CN2C(=O)COc3ccc(C(=O)COc4cccc(F)c4)cc32)CC1. The van der Waals surface area contributed by atoms with Crippen molar-refractivity contribution in [3.05, 3.63) is 53.8 Å². The van der Waals surface area contributed by atoms with Crippen LogP contribution in [0.3, 0.4) is 0 Å². The summed E-state index contributed by atoms with van der Waals surface area (Å²) in [6, 6.07) is 10.3. The number of anilines is 1. The lowest BCUT2D eigenvalue weighted by Crippen LogP contribution is -2.48. The van der Waals surface area contributed by atoms with Crippen LogP contribution < -0.4 is 14.4 Å². The number of benzene rings is 2. The van der Waals surface area contributed by atoms with Crippen LogP contribution in [0.25, 0.3) is 0 Å². The molecule has 0 N–H and O–H groups in total. The van der Waals surface area contributed by atoms with Crippen molar-refractivity contribution >= 4 is 23.3 Å². The van der Waals surface area contributed by atoms with Crippen molar-refractivity contribution in [3.8, 4) is 11.5 Å². The van der Waals surface area contributed by atoms with Gasteiger partial charge in [-0.25, -0.2) is 4.39 Å². The number of nitrogens with zero attached hydrogens (tertiary/aromatic N) is 2. The largest absolute Gasteiger partial charge is 0.485 e. The third-order valence-electron chi connectivity index (χ3n) is 5.82. The van der Waals surface area contributed by atoms with Crippen molar-refractivity contribution in [1.29, 1.82) is 0 Å². The number of hydrogen-bond acceptors (Lipinski definition) is 5. The van der Waals surface area contributed by atoms with Gasteiger partial charge >= 0.3 is 0 Å². The summed E-state index contributed by atoms with van der Waals surface area (Å²) in [6.45, 7) is 2.99. The van der Waals surface area contributed by atoms with Gasteiger partial charge in [0.25, 0.3) is 5.91 Å². The average Bonchev–Trinajstić information content (AvgIpc) is 2.79. The van der Waals surface area contributed by atoms with Crippen LogP contribution in [-0.4, -0.2) is 55.3 Å². The molecule has 2 heterocycles. The van der Waals surface area contributed by atoms with E-state index < -0.39 is 5.82 Å². The molecule has 7 nitrogen and oxygen atoms in total. The number of amides is 2. The molecule has 2 amide bonds. The van der Waals surface area contributed by atoms with Crippen molar-refractivity contribution in [2.24, 2.45) is 5.92 Å². The molecule has 0 aromatic heterocycles. The molecule has 8 heteroatoms. The zero-order valence-corrected chi connectivity index (χ0v) is 17.9. The number of rotatable bonds is 6. The van der Waals surface area contributed by atoms with E-state index in [4.69, 9.17) is 9.47 Å². The van der Waals surface area contributed by atoms with Crippen LogP contribution in [0.2, 0.25) is 0 Å². The fraction of sp³-hybridized carbons (Fsp3) is 0.375. The number of fused-ring (bicyclic) bond motifs is 1. The average molecular weight is 440 g/mol. The van der Waals surface area contributed by atoms with Crippen LogP contribution in [0.5, 0.6) is 11.5 Å². The molecule has 2 aliphatic heterocycles. The number of carbonyl (C=O) groups is 3. The number of ether oxygens (including phenoxy) is 2. The van der Waals surface area contributed by atoms with Crippen molar-refractivity contribution in [2.75, 3.05) is 37.7 Å². The van der Waals surface area contributed by atoms with Crippen molar-refractivity contribution in [1.82, 2.24) is 4.90 Å². The maximum absolute atomic E-state index is 13.3. The summed E-state index contributed by atoms with van der Waals surface area (Å²) in [4.78, 5) is 41.1. The maximum atomic E-state index is 13.3. The Kier molecular flexibility index (Phi) is 6.39. The third kappa shape index (κ3) is 4.90. The van der Waals surface area contributed by atoms with Gasteiger partial charge in [0.2, 0.25) is 5.91 Å². The summed E-state index contributed by atoms with van der Waals surface area (Å²) in [5.41, 5.74) is 0.694. The highest BCUT2D eigenvalue weighted by Gasteiger charge is 2.30. The summed E-state index contributed by atoms with van der Waals surface area (Å²) in [7, 11) is 0. The molecule has 2 aromatic carbocycles. The molecule has 0 bridgehead atoms. The number of Topliss-reactive ketones (excluding diaryl/α,β-unsaturated/α-hetero) is 1. The van der Waals surface area contributed by atoms with Crippen molar-refractivity contribution in [2.45, 2.75) is 19.8 Å². The third-order valence-corrected chi connectivity index (χ3v) is 5.82. The highest BCUT2D eigenvalue weighted by molar-refractivity contribution is 6.04. The maximum Gasteiger partial charge on any atom is 0.265 e. The zero-order chi connectivity index (χ0) is 22.7. The van der Waals surface area contributed by atoms with Gasteiger partial charge in [-0.05, 0) is 49.1 Å². The minimum Gasteiger partial charge on any atom is -0.485 e. The van der Waals surface area contributed by atoms with E-state index in [1.165, 1.54) is 29.2 Å². The minimum atomic E-state index is -0.456. The first-order valence-corrected chi connectivity index (χ1v) is 10.7. The summed E-state index contributed by atoms with van der Waals surface area (Å²) >= 11 is 0. The van der Waals surface area contributed by atoms with E-state index in [9.17, 15) is 18.8 Å². The predicted octanol–water partition coefficient (Wildman–Crippen LogP) is 3.07. The lowest BCUT2D eigenvalue weighted by molar-refractivity contribution is -0.133. The lowest BCUT2D eigenvalue weighted by atomic mass is 9.99.